The summed E-state index contributed by atoms with van der Waals surface area (Å²) in [6, 6.07) is 73.9. The molecule has 65 heavy (non-hydrogen) atoms. The van der Waals surface area contributed by atoms with Crippen LogP contribution in [0.2, 0.25) is 0 Å². The second-order valence-electron chi connectivity index (χ2n) is 20.5. The number of nitrogens with zero attached hydrogens (tertiary/aromatic N) is 1. The van der Waals surface area contributed by atoms with Gasteiger partial charge in [0.15, 0.2) is 8.07 Å². The minimum atomic E-state index is -2.75. The second kappa shape index (κ2) is 12.4. The van der Waals surface area contributed by atoms with Gasteiger partial charge in [-0.3, -0.25) is 0 Å². The third kappa shape index (κ3) is 4.35. The van der Waals surface area contributed by atoms with Crippen LogP contribution in [0.15, 0.2) is 188 Å². The molecule has 0 fully saturated rings. The molecule has 0 radical (unpaired) electrons. The molecule has 0 saturated heterocycles. The molecule has 310 valence electrons. The topological polar surface area (TPSA) is 3.24 Å². The molecule has 9 aromatic rings. The van der Waals surface area contributed by atoms with Crippen molar-refractivity contribution in [3.8, 4) is 33.4 Å². The molecule has 1 nitrogen and oxygen atoms in total. The number of para-hydroxylation sites is 1. The number of fused-ring (bicyclic) bond motifs is 21. The minimum absolute atomic E-state index is 0.173. The van der Waals surface area contributed by atoms with Gasteiger partial charge in [0.05, 0.1) is 16.8 Å². The van der Waals surface area contributed by atoms with Crippen LogP contribution in [0.3, 0.4) is 0 Å². The van der Waals surface area contributed by atoms with E-state index < -0.39 is 13.5 Å². The zero-order chi connectivity index (χ0) is 43.8. The Labute approximate surface area is 383 Å². The zero-order valence-electron chi connectivity index (χ0n) is 37.8. The van der Waals surface area contributed by atoms with Crippen LogP contribution in [-0.2, 0) is 16.2 Å². The summed E-state index contributed by atoms with van der Waals surface area (Å²) in [5.41, 5.74) is 24.7. The van der Waals surface area contributed by atoms with Crippen LogP contribution in [-0.4, -0.2) is 8.07 Å². The van der Waals surface area contributed by atoms with E-state index in [2.05, 4.69) is 234 Å². The average Bonchev–Trinajstić information content (AvgIpc) is 3.87. The predicted molar refractivity (Wildman–Crippen MR) is 274 cm³/mol. The third-order valence-corrected chi connectivity index (χ3v) is 21.5. The standard InChI is InChI=1S/C63H49NSi/c1-38-27-30-43-44-31-28-39(2)34-59(44)65(58(43)33-38)57-26-16-8-18-42(57)45-32-29-40(35-60(45)65)64-55-25-15-14-24-52(55)63(50-22-12-10-20-48(50)62(5,6)49-21-11-13-23-51(49)63)54-37-53-46(36-56(54)64)41-17-7-9-19-47(41)61(53,3)4/h7-37H,1-6H3. The van der Waals surface area contributed by atoms with E-state index in [1.165, 1.54) is 127 Å². The molecule has 0 aromatic heterocycles. The Morgan fingerprint density at radius 1 is 0.323 bits per heavy atom. The minimum Gasteiger partial charge on any atom is -0.310 e. The van der Waals surface area contributed by atoms with Crippen molar-refractivity contribution in [3.63, 3.8) is 0 Å². The summed E-state index contributed by atoms with van der Waals surface area (Å²) in [5.74, 6) is 0. The van der Waals surface area contributed by atoms with Crippen molar-refractivity contribution in [1.82, 2.24) is 0 Å². The normalized spacial score (nSPS) is 16.9. The van der Waals surface area contributed by atoms with Crippen molar-refractivity contribution in [2.24, 2.45) is 0 Å². The summed E-state index contributed by atoms with van der Waals surface area (Å²) in [5, 5.41) is 6.05. The highest BCUT2D eigenvalue weighted by Gasteiger charge is 2.57. The summed E-state index contributed by atoms with van der Waals surface area (Å²) < 4.78 is 0. The molecule has 0 amide bonds. The Balaban J connectivity index is 1.12. The Kier molecular flexibility index (Phi) is 7.14. The lowest BCUT2D eigenvalue weighted by molar-refractivity contribution is 0.555. The summed E-state index contributed by atoms with van der Waals surface area (Å²) in [6.45, 7) is 14.2. The Hall–Kier alpha value is -7.00. The molecule has 3 heterocycles. The Morgan fingerprint density at radius 2 is 0.800 bits per heavy atom. The summed E-state index contributed by atoms with van der Waals surface area (Å²) >= 11 is 0. The molecular formula is C63H49NSi. The van der Waals surface area contributed by atoms with Crippen LogP contribution >= 0.6 is 0 Å². The lowest BCUT2D eigenvalue weighted by atomic mass is 9.53. The molecule has 3 aliphatic heterocycles. The van der Waals surface area contributed by atoms with Gasteiger partial charge < -0.3 is 4.90 Å². The van der Waals surface area contributed by atoms with Crippen molar-refractivity contribution in [2.45, 2.75) is 57.8 Å². The van der Waals surface area contributed by atoms with E-state index in [1.54, 1.807) is 0 Å². The van der Waals surface area contributed by atoms with E-state index in [1.807, 2.05) is 0 Å². The van der Waals surface area contributed by atoms with Crippen LogP contribution < -0.4 is 25.6 Å². The van der Waals surface area contributed by atoms with Gasteiger partial charge in [0.25, 0.3) is 0 Å². The van der Waals surface area contributed by atoms with Crippen molar-refractivity contribution < 1.29 is 0 Å². The molecule has 14 rings (SSSR count). The van der Waals surface area contributed by atoms with Crippen molar-refractivity contribution in [2.75, 3.05) is 4.90 Å². The average molecular weight is 848 g/mol. The van der Waals surface area contributed by atoms with Crippen LogP contribution in [0.4, 0.5) is 17.1 Å². The largest absolute Gasteiger partial charge is 0.310 e. The van der Waals surface area contributed by atoms with Gasteiger partial charge in [-0.2, -0.15) is 0 Å². The lowest BCUT2D eigenvalue weighted by Crippen LogP contribution is -2.70. The SMILES string of the molecule is Cc1ccc2c(c1)[Si]1(c3ccccc3-c3ccc(N4c5ccccc5C5(c6cc7c(cc64)-c4ccccc4C7(C)C)c4ccccc4C(C)(C)c4ccccc45)cc31)c1cc(C)ccc1-2. The fourth-order valence-electron chi connectivity index (χ4n) is 13.9. The molecule has 9 aromatic carbocycles. The molecule has 5 aliphatic rings. The van der Waals surface area contributed by atoms with Gasteiger partial charge in [-0.25, -0.2) is 0 Å². The van der Waals surface area contributed by atoms with E-state index in [0.717, 1.165) is 0 Å². The zero-order valence-corrected chi connectivity index (χ0v) is 38.8. The first kappa shape index (κ1) is 37.4. The first-order chi connectivity index (χ1) is 31.6. The van der Waals surface area contributed by atoms with Crippen LogP contribution in [0.1, 0.15) is 83.3 Å². The van der Waals surface area contributed by atoms with Gasteiger partial charge >= 0.3 is 0 Å². The number of rotatable bonds is 1. The Morgan fingerprint density at radius 3 is 1.45 bits per heavy atom. The number of hydrogen-bond acceptors (Lipinski definition) is 1. The van der Waals surface area contributed by atoms with Gasteiger partial charge in [-0.1, -0.05) is 203 Å². The highest BCUT2D eigenvalue weighted by atomic mass is 28.3. The number of hydrogen-bond donors (Lipinski definition) is 0. The maximum atomic E-state index is 2.66. The van der Waals surface area contributed by atoms with Crippen molar-refractivity contribution in [1.29, 1.82) is 0 Å². The van der Waals surface area contributed by atoms with Gasteiger partial charge in [0.2, 0.25) is 0 Å². The maximum absolute atomic E-state index is 2.75. The van der Waals surface area contributed by atoms with Crippen LogP contribution in [0, 0.1) is 13.8 Å². The third-order valence-electron chi connectivity index (χ3n) is 16.6. The fraction of sp³-hybridized carbons (Fsp3) is 0.143. The number of benzene rings is 9. The second-order valence-corrected chi connectivity index (χ2v) is 24.2. The van der Waals surface area contributed by atoms with E-state index >= 15 is 0 Å². The highest BCUT2D eigenvalue weighted by Crippen LogP contribution is 2.65. The first-order valence-corrected chi connectivity index (χ1v) is 25.4. The molecule has 0 atom stereocenters. The van der Waals surface area contributed by atoms with E-state index in [-0.39, 0.29) is 10.8 Å². The number of anilines is 3. The fourth-order valence-corrected chi connectivity index (χ4v) is 19.7. The highest BCUT2D eigenvalue weighted by molar-refractivity contribution is 7.24. The summed E-state index contributed by atoms with van der Waals surface area (Å²) in [6.07, 6.45) is 0. The van der Waals surface area contributed by atoms with Crippen molar-refractivity contribution >= 4 is 45.9 Å². The summed E-state index contributed by atoms with van der Waals surface area (Å²) in [4.78, 5) is 2.66. The molecule has 0 unspecified atom stereocenters. The molecule has 2 spiro atoms. The molecular weight excluding hydrogens is 799 g/mol. The van der Waals surface area contributed by atoms with Crippen LogP contribution in [0.5, 0.6) is 0 Å². The lowest BCUT2D eigenvalue weighted by Gasteiger charge is -2.52. The first-order valence-electron chi connectivity index (χ1n) is 23.4. The molecule has 0 bridgehead atoms. The Bertz CT molecular complexity index is 3500. The van der Waals surface area contributed by atoms with Gasteiger partial charge in [0, 0.05) is 16.5 Å². The summed E-state index contributed by atoms with van der Waals surface area (Å²) in [7, 11) is -2.75. The molecule has 2 heteroatoms. The number of aryl methyl sites for hydroxylation is 2. The van der Waals surface area contributed by atoms with E-state index in [9.17, 15) is 0 Å². The van der Waals surface area contributed by atoms with Gasteiger partial charge in [0.1, 0.15) is 0 Å². The maximum Gasteiger partial charge on any atom is 0.182 e. The van der Waals surface area contributed by atoms with Crippen molar-refractivity contribution in [3.05, 3.63) is 244 Å². The quantitative estimate of drug-likeness (QED) is 0.149. The van der Waals surface area contributed by atoms with Gasteiger partial charge in [-0.05, 0) is 137 Å². The van der Waals surface area contributed by atoms with Crippen LogP contribution in [0.25, 0.3) is 33.4 Å². The molecule has 0 N–H and O–H groups in total. The monoisotopic (exact) mass is 847 g/mol. The molecule has 2 aliphatic carbocycles. The van der Waals surface area contributed by atoms with E-state index in [0.29, 0.717) is 0 Å². The van der Waals surface area contributed by atoms with Gasteiger partial charge in [-0.15, -0.1) is 0 Å². The molecule has 0 saturated carbocycles. The van der Waals surface area contributed by atoms with E-state index in [4.69, 9.17) is 0 Å². The predicted octanol–water partition coefficient (Wildman–Crippen LogP) is 12.8. The smallest absolute Gasteiger partial charge is 0.182 e.